The zero-order valence-electron chi connectivity index (χ0n) is 16.1. The molecule has 0 amide bonds. The molecule has 0 fully saturated rings. The number of aryl methyl sites for hydroxylation is 1. The molecule has 3 aromatic heterocycles. The Hall–Kier alpha value is -2.80. The van der Waals surface area contributed by atoms with Gasteiger partial charge in [-0.1, -0.05) is 13.8 Å². The number of ketones is 1. The Bertz CT molecular complexity index is 1110. The van der Waals surface area contributed by atoms with E-state index in [0.29, 0.717) is 18.2 Å². The topological polar surface area (TPSA) is 72.7 Å². The quantitative estimate of drug-likeness (QED) is 0.702. The van der Waals surface area contributed by atoms with Crippen molar-refractivity contribution < 1.29 is 4.79 Å². The number of rotatable bonds is 2. The average molecular weight is 392 g/mol. The Morgan fingerprint density at radius 3 is 2.86 bits per heavy atom. The van der Waals surface area contributed by atoms with Crippen molar-refractivity contribution in [2.75, 3.05) is 5.32 Å². The van der Waals surface area contributed by atoms with Crippen LogP contribution in [0.25, 0.3) is 11.4 Å². The Labute approximate surface area is 167 Å². The van der Waals surface area contributed by atoms with Gasteiger partial charge in [0, 0.05) is 40.5 Å². The molecule has 4 heterocycles. The fraction of sp³-hybridized carbons (Fsp3) is 0.333. The van der Waals surface area contributed by atoms with Crippen molar-refractivity contribution in [2.45, 2.75) is 39.7 Å². The maximum atomic E-state index is 13.2. The average Bonchev–Trinajstić information content (AvgIpc) is 3.25. The molecule has 0 bridgehead atoms. The van der Waals surface area contributed by atoms with Gasteiger partial charge in [-0.2, -0.15) is 4.98 Å². The summed E-state index contributed by atoms with van der Waals surface area (Å²) < 4.78 is 1.87. The summed E-state index contributed by atoms with van der Waals surface area (Å²) in [5.74, 6) is 1.49. The van der Waals surface area contributed by atoms with E-state index in [1.807, 2.05) is 16.8 Å². The largest absolute Gasteiger partial charge is 0.328 e. The van der Waals surface area contributed by atoms with E-state index in [9.17, 15) is 4.79 Å². The predicted octanol–water partition coefficient (Wildman–Crippen LogP) is 4.37. The molecule has 1 aliphatic heterocycles. The highest BCUT2D eigenvalue weighted by Crippen LogP contribution is 2.47. The van der Waals surface area contributed by atoms with Crippen molar-refractivity contribution in [3.05, 3.63) is 57.7 Å². The fourth-order valence-corrected chi connectivity index (χ4v) is 5.15. The van der Waals surface area contributed by atoms with Crippen LogP contribution in [-0.2, 0) is 4.79 Å². The van der Waals surface area contributed by atoms with Crippen LogP contribution in [0.2, 0.25) is 0 Å². The zero-order chi connectivity index (χ0) is 19.5. The van der Waals surface area contributed by atoms with E-state index in [1.165, 1.54) is 5.56 Å². The van der Waals surface area contributed by atoms with Crippen LogP contribution in [-0.4, -0.2) is 25.5 Å². The Kier molecular flexibility index (Phi) is 3.77. The highest BCUT2D eigenvalue weighted by Gasteiger charge is 2.42. The summed E-state index contributed by atoms with van der Waals surface area (Å²) >= 11 is 1.67. The van der Waals surface area contributed by atoms with Gasteiger partial charge in [0.15, 0.2) is 11.6 Å². The Morgan fingerprint density at radius 1 is 1.29 bits per heavy atom. The number of fused-ring (bicyclic) bond motifs is 1. The first-order chi connectivity index (χ1) is 13.4. The summed E-state index contributed by atoms with van der Waals surface area (Å²) in [5, 5.41) is 10.3. The lowest BCUT2D eigenvalue weighted by atomic mass is 9.73. The van der Waals surface area contributed by atoms with E-state index in [4.69, 9.17) is 10.1 Å². The van der Waals surface area contributed by atoms with Crippen LogP contribution in [0.1, 0.15) is 43.2 Å². The summed E-state index contributed by atoms with van der Waals surface area (Å²) in [4.78, 5) is 23.2. The number of hydrogen-bond donors (Lipinski definition) is 1. The van der Waals surface area contributed by atoms with Crippen molar-refractivity contribution in [3.8, 4) is 11.4 Å². The molecule has 1 N–H and O–H groups in total. The van der Waals surface area contributed by atoms with Crippen LogP contribution >= 0.6 is 11.3 Å². The first-order valence-electron chi connectivity index (χ1n) is 9.37. The third kappa shape index (κ3) is 2.69. The fourth-order valence-electron chi connectivity index (χ4n) is 4.13. The minimum absolute atomic E-state index is 0.0632. The minimum atomic E-state index is -0.229. The van der Waals surface area contributed by atoms with Gasteiger partial charge in [0.25, 0.3) is 0 Å². The second-order valence-electron chi connectivity index (χ2n) is 8.27. The number of hydrogen-bond acceptors (Lipinski definition) is 6. The van der Waals surface area contributed by atoms with Crippen LogP contribution < -0.4 is 5.32 Å². The van der Waals surface area contributed by atoms with Gasteiger partial charge in [0.05, 0.1) is 0 Å². The van der Waals surface area contributed by atoms with Crippen LogP contribution in [0.4, 0.5) is 5.95 Å². The molecule has 5 rings (SSSR count). The number of carbonyl (C=O) groups is 1. The van der Waals surface area contributed by atoms with Crippen LogP contribution in [0.3, 0.4) is 0 Å². The molecule has 0 saturated heterocycles. The van der Waals surface area contributed by atoms with E-state index in [1.54, 1.807) is 23.7 Å². The molecule has 3 aromatic rings. The molecule has 1 unspecified atom stereocenters. The van der Waals surface area contributed by atoms with Gasteiger partial charge < -0.3 is 5.32 Å². The molecular weight excluding hydrogens is 370 g/mol. The maximum Gasteiger partial charge on any atom is 0.226 e. The Balaban J connectivity index is 1.70. The molecule has 7 heteroatoms. The van der Waals surface area contributed by atoms with Gasteiger partial charge in [0.1, 0.15) is 6.04 Å². The first-order valence-corrected chi connectivity index (χ1v) is 10.3. The smallest absolute Gasteiger partial charge is 0.226 e. The second kappa shape index (κ2) is 6.10. The van der Waals surface area contributed by atoms with Crippen LogP contribution in [0.15, 0.2) is 47.2 Å². The summed E-state index contributed by atoms with van der Waals surface area (Å²) in [7, 11) is 0. The lowest BCUT2D eigenvalue weighted by molar-refractivity contribution is -0.118. The molecule has 1 aliphatic carbocycles. The molecule has 0 saturated carbocycles. The van der Waals surface area contributed by atoms with Gasteiger partial charge >= 0.3 is 0 Å². The molecule has 0 radical (unpaired) electrons. The number of thiophene rings is 1. The maximum absolute atomic E-state index is 13.2. The number of anilines is 1. The number of nitrogens with zero attached hydrogens (tertiary/aromatic N) is 4. The summed E-state index contributed by atoms with van der Waals surface area (Å²) in [6, 6.07) is 5.69. The molecule has 142 valence electrons. The number of nitrogens with one attached hydrogen (secondary N) is 1. The second-order valence-corrected chi connectivity index (χ2v) is 9.22. The molecule has 1 atom stereocenters. The summed E-state index contributed by atoms with van der Waals surface area (Å²) in [6.07, 6.45) is 4.86. The molecule has 28 heavy (non-hydrogen) atoms. The Morgan fingerprint density at radius 2 is 2.14 bits per heavy atom. The number of allylic oxidation sites excluding steroid dienone is 2. The van der Waals surface area contributed by atoms with Gasteiger partial charge in [0.2, 0.25) is 5.95 Å². The SMILES string of the molecule is Cc1ccsc1C1C2=C(CC(C)(C)CC2=O)Nc2nc(-c3cccnc3)nn21. The van der Waals surface area contributed by atoms with Crippen molar-refractivity contribution in [1.29, 1.82) is 0 Å². The molecule has 0 aromatic carbocycles. The summed E-state index contributed by atoms with van der Waals surface area (Å²) in [5.41, 5.74) is 3.78. The van der Waals surface area contributed by atoms with Crippen LogP contribution in [0.5, 0.6) is 0 Å². The summed E-state index contributed by atoms with van der Waals surface area (Å²) in [6.45, 7) is 6.37. The normalized spacial score (nSPS) is 20.5. The van der Waals surface area contributed by atoms with Crippen molar-refractivity contribution in [1.82, 2.24) is 19.7 Å². The van der Waals surface area contributed by atoms with Gasteiger partial charge in [-0.25, -0.2) is 4.68 Å². The highest BCUT2D eigenvalue weighted by atomic mass is 32.1. The van der Waals surface area contributed by atoms with E-state index in [-0.39, 0.29) is 17.2 Å². The third-order valence-electron chi connectivity index (χ3n) is 5.40. The number of aromatic nitrogens is 4. The van der Waals surface area contributed by atoms with Gasteiger partial charge in [-0.15, -0.1) is 16.4 Å². The van der Waals surface area contributed by atoms with Gasteiger partial charge in [-0.05, 0) is 47.9 Å². The van der Waals surface area contributed by atoms with E-state index >= 15 is 0 Å². The lowest BCUT2D eigenvalue weighted by Crippen LogP contribution is -2.36. The first kappa shape index (κ1) is 17.3. The van der Waals surface area contributed by atoms with E-state index < -0.39 is 0 Å². The molecule has 0 spiro atoms. The molecule has 2 aliphatic rings. The monoisotopic (exact) mass is 391 g/mol. The van der Waals surface area contributed by atoms with Gasteiger partial charge in [-0.3, -0.25) is 9.78 Å². The number of pyridine rings is 1. The predicted molar refractivity (Wildman–Crippen MR) is 109 cm³/mol. The van der Waals surface area contributed by atoms with Crippen molar-refractivity contribution in [3.63, 3.8) is 0 Å². The third-order valence-corrected chi connectivity index (χ3v) is 6.47. The zero-order valence-corrected chi connectivity index (χ0v) is 16.9. The van der Waals surface area contributed by atoms with Crippen LogP contribution in [0, 0.1) is 12.3 Å². The van der Waals surface area contributed by atoms with Crippen molar-refractivity contribution >= 4 is 23.1 Å². The van der Waals surface area contributed by atoms with E-state index in [2.05, 4.69) is 42.5 Å². The highest BCUT2D eigenvalue weighted by molar-refractivity contribution is 7.10. The van der Waals surface area contributed by atoms with E-state index in [0.717, 1.165) is 28.1 Å². The number of carbonyl (C=O) groups excluding carboxylic acids is 1. The standard InChI is InChI=1S/C21H21N5OS/c1-12-6-8-28-18(12)17-16-14(9-21(2,3)10-15(16)27)23-20-24-19(25-26(17)20)13-5-4-7-22-11-13/h4-8,11,17H,9-10H2,1-3H3,(H,23,24,25). The lowest BCUT2D eigenvalue weighted by Gasteiger charge is -2.38. The molecular formula is C21H21N5OS. The van der Waals surface area contributed by atoms with Crippen molar-refractivity contribution in [2.24, 2.45) is 5.41 Å². The minimum Gasteiger partial charge on any atom is -0.328 e. The number of Topliss-reactive ketones (excluding diaryl/α,β-unsaturated/α-hetero) is 1. The molecule has 6 nitrogen and oxygen atoms in total.